The Morgan fingerprint density at radius 1 is 1.24 bits per heavy atom. The van der Waals surface area contributed by atoms with Crippen LogP contribution in [0, 0.1) is 5.82 Å². The SMILES string of the molecule is CC(C(=O)c1ccc(F)cc1)c1cnccn1. The Bertz CT molecular complexity index is 511. The lowest BCUT2D eigenvalue weighted by Crippen LogP contribution is -2.11. The van der Waals surface area contributed by atoms with Crippen molar-refractivity contribution in [1.29, 1.82) is 0 Å². The van der Waals surface area contributed by atoms with Crippen LogP contribution in [0.5, 0.6) is 0 Å². The van der Waals surface area contributed by atoms with Gasteiger partial charge in [-0.05, 0) is 31.2 Å². The van der Waals surface area contributed by atoms with Crippen molar-refractivity contribution in [2.45, 2.75) is 12.8 Å². The van der Waals surface area contributed by atoms with E-state index in [1.165, 1.54) is 24.3 Å². The fourth-order valence-electron chi connectivity index (χ4n) is 1.53. The number of Topliss-reactive ketones (excluding diaryl/α,β-unsaturated/α-hetero) is 1. The van der Waals surface area contributed by atoms with Gasteiger partial charge < -0.3 is 0 Å². The van der Waals surface area contributed by atoms with Crippen LogP contribution in [0.25, 0.3) is 0 Å². The molecule has 17 heavy (non-hydrogen) atoms. The average molecular weight is 230 g/mol. The first-order valence-electron chi connectivity index (χ1n) is 5.24. The van der Waals surface area contributed by atoms with Gasteiger partial charge in [0, 0.05) is 24.2 Å². The molecule has 1 heterocycles. The zero-order valence-electron chi connectivity index (χ0n) is 9.30. The summed E-state index contributed by atoms with van der Waals surface area (Å²) in [4.78, 5) is 20.1. The largest absolute Gasteiger partial charge is 0.293 e. The van der Waals surface area contributed by atoms with Crippen molar-refractivity contribution in [2.75, 3.05) is 0 Å². The first-order valence-corrected chi connectivity index (χ1v) is 5.24. The molecule has 0 aliphatic carbocycles. The molecule has 1 aromatic carbocycles. The summed E-state index contributed by atoms with van der Waals surface area (Å²) < 4.78 is 12.7. The van der Waals surface area contributed by atoms with E-state index in [-0.39, 0.29) is 17.5 Å². The van der Waals surface area contributed by atoms with Crippen LogP contribution < -0.4 is 0 Å². The van der Waals surface area contributed by atoms with Gasteiger partial charge >= 0.3 is 0 Å². The van der Waals surface area contributed by atoms with Crippen molar-refractivity contribution in [3.63, 3.8) is 0 Å². The Balaban J connectivity index is 2.23. The molecule has 2 aromatic rings. The molecule has 0 saturated carbocycles. The Hall–Kier alpha value is -2.10. The number of hydrogen-bond acceptors (Lipinski definition) is 3. The van der Waals surface area contributed by atoms with E-state index in [1.807, 2.05) is 0 Å². The molecule has 1 aromatic heterocycles. The minimum absolute atomic E-state index is 0.0921. The molecule has 2 rings (SSSR count). The molecule has 0 N–H and O–H groups in total. The molecule has 86 valence electrons. The third kappa shape index (κ3) is 2.53. The molecular weight excluding hydrogens is 219 g/mol. The Morgan fingerprint density at radius 2 is 1.94 bits per heavy atom. The Labute approximate surface area is 98.3 Å². The van der Waals surface area contributed by atoms with E-state index in [4.69, 9.17) is 0 Å². The molecule has 0 bridgehead atoms. The van der Waals surface area contributed by atoms with Gasteiger partial charge in [-0.1, -0.05) is 0 Å². The van der Waals surface area contributed by atoms with Gasteiger partial charge in [0.15, 0.2) is 5.78 Å². The summed E-state index contributed by atoms with van der Waals surface area (Å²) >= 11 is 0. The molecule has 0 saturated heterocycles. The van der Waals surface area contributed by atoms with Crippen molar-refractivity contribution in [3.8, 4) is 0 Å². The molecule has 1 unspecified atom stereocenters. The van der Waals surface area contributed by atoms with Crippen LogP contribution in [0.2, 0.25) is 0 Å². The molecule has 0 radical (unpaired) electrons. The van der Waals surface area contributed by atoms with Crippen molar-refractivity contribution in [2.24, 2.45) is 0 Å². The fraction of sp³-hybridized carbons (Fsp3) is 0.154. The molecular formula is C13H11FN2O. The number of ketones is 1. The van der Waals surface area contributed by atoms with Crippen LogP contribution in [0.15, 0.2) is 42.9 Å². The number of aromatic nitrogens is 2. The second-order valence-electron chi connectivity index (χ2n) is 3.72. The number of benzene rings is 1. The summed E-state index contributed by atoms with van der Waals surface area (Å²) in [6.07, 6.45) is 4.66. The van der Waals surface area contributed by atoms with Crippen LogP contribution in [-0.2, 0) is 0 Å². The van der Waals surface area contributed by atoms with E-state index in [9.17, 15) is 9.18 Å². The van der Waals surface area contributed by atoms with E-state index < -0.39 is 0 Å². The predicted molar refractivity (Wildman–Crippen MR) is 61.2 cm³/mol. The van der Waals surface area contributed by atoms with Crippen LogP contribution in [0.1, 0.15) is 28.9 Å². The van der Waals surface area contributed by atoms with Crippen molar-refractivity contribution < 1.29 is 9.18 Å². The number of carbonyl (C=O) groups is 1. The highest BCUT2D eigenvalue weighted by molar-refractivity contribution is 6.00. The lowest BCUT2D eigenvalue weighted by molar-refractivity contribution is 0.0964. The van der Waals surface area contributed by atoms with E-state index in [2.05, 4.69) is 9.97 Å². The van der Waals surface area contributed by atoms with E-state index in [1.54, 1.807) is 25.5 Å². The molecule has 0 spiro atoms. The van der Waals surface area contributed by atoms with Crippen LogP contribution >= 0.6 is 0 Å². The maximum atomic E-state index is 12.7. The van der Waals surface area contributed by atoms with E-state index in [0.717, 1.165) is 0 Å². The van der Waals surface area contributed by atoms with Gasteiger partial charge in [-0.15, -0.1) is 0 Å². The third-order valence-electron chi connectivity index (χ3n) is 2.55. The second kappa shape index (κ2) is 4.82. The fourth-order valence-corrected chi connectivity index (χ4v) is 1.53. The highest BCUT2D eigenvalue weighted by Crippen LogP contribution is 2.17. The topological polar surface area (TPSA) is 42.9 Å². The standard InChI is InChI=1S/C13H11FN2O/c1-9(12-8-15-6-7-16-12)13(17)10-2-4-11(14)5-3-10/h2-9H,1H3. The summed E-state index contributed by atoms with van der Waals surface area (Å²) in [6.45, 7) is 1.76. The van der Waals surface area contributed by atoms with Gasteiger partial charge in [0.05, 0.1) is 11.6 Å². The molecule has 1 atom stereocenters. The second-order valence-corrected chi connectivity index (χ2v) is 3.72. The van der Waals surface area contributed by atoms with Crippen LogP contribution in [0.4, 0.5) is 4.39 Å². The zero-order chi connectivity index (χ0) is 12.3. The summed E-state index contributed by atoms with van der Waals surface area (Å²) in [5.74, 6) is -0.826. The van der Waals surface area contributed by atoms with Gasteiger partial charge in [-0.3, -0.25) is 14.8 Å². The van der Waals surface area contributed by atoms with Gasteiger partial charge in [0.25, 0.3) is 0 Å². The quantitative estimate of drug-likeness (QED) is 0.761. The predicted octanol–water partition coefficient (Wildman–Crippen LogP) is 2.60. The molecule has 0 amide bonds. The number of nitrogens with zero attached hydrogens (tertiary/aromatic N) is 2. The van der Waals surface area contributed by atoms with Crippen LogP contribution in [0.3, 0.4) is 0 Å². The first kappa shape index (κ1) is 11.4. The maximum absolute atomic E-state index is 12.7. The molecule has 0 fully saturated rings. The molecule has 0 aliphatic rings. The summed E-state index contributed by atoms with van der Waals surface area (Å²) in [5, 5.41) is 0. The highest BCUT2D eigenvalue weighted by atomic mass is 19.1. The van der Waals surface area contributed by atoms with Crippen LogP contribution in [-0.4, -0.2) is 15.8 Å². The number of halogens is 1. The minimum Gasteiger partial charge on any atom is -0.293 e. The van der Waals surface area contributed by atoms with Gasteiger partial charge in [0.2, 0.25) is 0 Å². The smallest absolute Gasteiger partial charge is 0.171 e. The summed E-state index contributed by atoms with van der Waals surface area (Å²) in [5.41, 5.74) is 1.09. The maximum Gasteiger partial charge on any atom is 0.171 e. The lowest BCUT2D eigenvalue weighted by atomic mass is 9.97. The Kier molecular flexibility index (Phi) is 3.23. The summed E-state index contributed by atoms with van der Waals surface area (Å²) in [6, 6.07) is 5.50. The lowest BCUT2D eigenvalue weighted by Gasteiger charge is -2.09. The van der Waals surface area contributed by atoms with E-state index >= 15 is 0 Å². The first-order chi connectivity index (χ1) is 8.18. The Morgan fingerprint density at radius 3 is 2.53 bits per heavy atom. The van der Waals surface area contributed by atoms with Crippen molar-refractivity contribution in [3.05, 3.63) is 59.9 Å². The minimum atomic E-state index is -0.380. The third-order valence-corrected chi connectivity index (χ3v) is 2.55. The number of rotatable bonds is 3. The van der Waals surface area contributed by atoms with Gasteiger partial charge in [-0.25, -0.2) is 4.39 Å². The molecule has 3 nitrogen and oxygen atoms in total. The monoisotopic (exact) mass is 230 g/mol. The highest BCUT2D eigenvalue weighted by Gasteiger charge is 2.18. The van der Waals surface area contributed by atoms with Crippen molar-refractivity contribution in [1.82, 2.24) is 9.97 Å². The van der Waals surface area contributed by atoms with Gasteiger partial charge in [-0.2, -0.15) is 0 Å². The van der Waals surface area contributed by atoms with Gasteiger partial charge in [0.1, 0.15) is 5.82 Å². The molecule has 0 aliphatic heterocycles. The summed E-state index contributed by atoms with van der Waals surface area (Å²) in [7, 11) is 0. The number of carbonyl (C=O) groups excluding carboxylic acids is 1. The van der Waals surface area contributed by atoms with Crippen molar-refractivity contribution >= 4 is 5.78 Å². The average Bonchev–Trinajstić information content (AvgIpc) is 2.39. The normalized spacial score (nSPS) is 12.1. The zero-order valence-corrected chi connectivity index (χ0v) is 9.30. The molecule has 4 heteroatoms. The van der Waals surface area contributed by atoms with E-state index in [0.29, 0.717) is 11.3 Å². The number of hydrogen-bond donors (Lipinski definition) is 0.